The zero-order chi connectivity index (χ0) is 44.0. The van der Waals surface area contributed by atoms with Gasteiger partial charge >= 0.3 is 12.2 Å². The van der Waals surface area contributed by atoms with Crippen molar-refractivity contribution in [2.75, 3.05) is 20.8 Å². The second kappa shape index (κ2) is 17.1. The number of aromatic amines is 2. The Balaban J connectivity index is 1.00. The van der Waals surface area contributed by atoms with Gasteiger partial charge in [-0.25, -0.2) is 19.6 Å². The number of rotatable bonds is 13. The molecule has 1 saturated heterocycles. The minimum Gasteiger partial charge on any atom is -0.453 e. The van der Waals surface area contributed by atoms with Crippen molar-refractivity contribution in [2.45, 2.75) is 91.0 Å². The zero-order valence-corrected chi connectivity index (χ0v) is 36.2. The summed E-state index contributed by atoms with van der Waals surface area (Å²) in [5.74, 6) is 0.887. The molecule has 4 amide bonds. The largest absolute Gasteiger partial charge is 0.453 e. The lowest BCUT2D eigenvalue weighted by molar-refractivity contribution is -0.139. The van der Waals surface area contributed by atoms with E-state index in [1.54, 1.807) is 11.1 Å². The van der Waals surface area contributed by atoms with Crippen molar-refractivity contribution >= 4 is 40.8 Å². The fourth-order valence-electron chi connectivity index (χ4n) is 9.50. The van der Waals surface area contributed by atoms with Crippen LogP contribution in [0.1, 0.15) is 93.9 Å². The van der Waals surface area contributed by atoms with Crippen LogP contribution in [0.5, 0.6) is 0 Å². The number of carbonyl (C=O) groups is 5. The maximum absolute atomic E-state index is 14.1. The van der Waals surface area contributed by atoms with E-state index in [1.165, 1.54) is 14.2 Å². The summed E-state index contributed by atoms with van der Waals surface area (Å²) in [6.45, 7) is 10.3. The molecular formula is C47H54N8O7. The average Bonchev–Trinajstić information content (AvgIpc) is 4.12. The van der Waals surface area contributed by atoms with E-state index in [0.717, 1.165) is 70.4 Å². The fourth-order valence-corrected chi connectivity index (χ4v) is 9.50. The van der Waals surface area contributed by atoms with Gasteiger partial charge in [0.15, 0.2) is 5.78 Å². The molecule has 0 radical (unpaired) electrons. The van der Waals surface area contributed by atoms with Gasteiger partial charge in [0.2, 0.25) is 11.8 Å². The van der Waals surface area contributed by atoms with E-state index < -0.39 is 24.3 Å². The van der Waals surface area contributed by atoms with Gasteiger partial charge < -0.3 is 39.9 Å². The number of likely N-dealkylation sites (tertiary alicyclic amines) is 1. The number of amides is 4. The van der Waals surface area contributed by atoms with Gasteiger partial charge in [0.25, 0.3) is 0 Å². The number of ether oxygens (including phenoxy) is 2. The van der Waals surface area contributed by atoms with Gasteiger partial charge in [-0.2, -0.15) is 0 Å². The Labute approximate surface area is 360 Å². The van der Waals surface area contributed by atoms with E-state index in [2.05, 4.69) is 25.6 Å². The van der Waals surface area contributed by atoms with Crippen molar-refractivity contribution in [1.82, 2.24) is 40.4 Å². The maximum Gasteiger partial charge on any atom is 0.407 e. The van der Waals surface area contributed by atoms with Crippen LogP contribution in [0.2, 0.25) is 0 Å². The van der Waals surface area contributed by atoms with E-state index in [0.29, 0.717) is 29.2 Å². The Hall–Kier alpha value is -6.51. The Morgan fingerprint density at radius 2 is 1.45 bits per heavy atom. The molecule has 5 atom stereocenters. The highest BCUT2D eigenvalue weighted by Crippen LogP contribution is 2.50. The third-order valence-corrected chi connectivity index (χ3v) is 12.6. The Morgan fingerprint density at radius 1 is 0.823 bits per heavy atom. The lowest BCUT2D eigenvalue weighted by Gasteiger charge is -2.37. The van der Waals surface area contributed by atoms with Crippen LogP contribution < -0.4 is 10.6 Å². The first-order valence-electron chi connectivity index (χ1n) is 21.5. The number of aromatic nitrogens is 4. The number of benzene rings is 3. The second-order valence-electron chi connectivity index (χ2n) is 17.3. The predicted molar refractivity (Wildman–Crippen MR) is 233 cm³/mol. The number of imidazole rings is 2. The van der Waals surface area contributed by atoms with Crippen LogP contribution in [0.4, 0.5) is 9.59 Å². The molecule has 2 aromatic heterocycles. The Kier molecular flexibility index (Phi) is 11.6. The molecule has 15 heteroatoms. The van der Waals surface area contributed by atoms with Crippen LogP contribution in [-0.4, -0.2) is 98.4 Å². The van der Waals surface area contributed by atoms with Crippen molar-refractivity contribution in [3.8, 4) is 33.5 Å². The molecule has 1 aliphatic heterocycles. The minimum absolute atomic E-state index is 0.0664. The number of methoxy groups -OCH3 is 2. The molecule has 8 rings (SSSR count). The molecule has 1 saturated carbocycles. The fraction of sp³-hybridized carbons (Fsp3) is 0.426. The Morgan fingerprint density at radius 3 is 2.11 bits per heavy atom. The van der Waals surface area contributed by atoms with Crippen molar-refractivity contribution in [1.29, 1.82) is 0 Å². The molecule has 0 spiro atoms. The van der Waals surface area contributed by atoms with Crippen molar-refractivity contribution in [3.05, 3.63) is 83.6 Å². The highest BCUT2D eigenvalue weighted by atomic mass is 16.5. The van der Waals surface area contributed by atoms with Crippen molar-refractivity contribution < 1.29 is 33.4 Å². The van der Waals surface area contributed by atoms with E-state index >= 15 is 0 Å². The summed E-state index contributed by atoms with van der Waals surface area (Å²) >= 11 is 0. The number of carbonyl (C=O) groups excluding carboxylic acids is 5. The summed E-state index contributed by atoms with van der Waals surface area (Å²) < 4.78 is 9.59. The molecule has 15 nitrogen and oxygen atoms in total. The third-order valence-electron chi connectivity index (χ3n) is 12.6. The number of hydrogen-bond acceptors (Lipinski definition) is 9. The Bertz CT molecular complexity index is 2560. The first kappa shape index (κ1) is 42.2. The number of alkyl carbamates (subject to hydrolysis) is 2. The summed E-state index contributed by atoms with van der Waals surface area (Å²) in [5.41, 5.74) is 7.88. The summed E-state index contributed by atoms with van der Waals surface area (Å²) in [5, 5.41) is 5.42. The number of piperidine rings is 1. The van der Waals surface area contributed by atoms with Crippen LogP contribution in [-0.2, 0) is 25.6 Å². The minimum atomic E-state index is -0.751. The standard InChI is InChI=1S/C47H54N8O7/c1-8-17-54(44(57)39(24(2)3)52-46(59)61-6)23-38-48-22-37(49-38)28-11-15-32-31-14-10-26(19-33(31)42(56)34(32)20-28)27-12-16-35-36(21-27)51-43(50-35)41-29-9-13-30(18-29)55(41)45(58)40(25(4)5)53-47(60)62-7/h10-12,14-16,19-22,24-25,29-30,39-41H,8-9,13,17-18,23H2,1-7H3,(H,48,49)(H,50,51)(H,52,59)(H,53,60)/t29-,30+,39-,40-,41-/m0/s1. The molecule has 324 valence electrons. The van der Waals surface area contributed by atoms with Gasteiger partial charge in [-0.15, -0.1) is 0 Å². The number of nitrogens with one attached hydrogen (secondary N) is 4. The lowest BCUT2D eigenvalue weighted by Crippen LogP contribution is -2.54. The molecular weight excluding hydrogens is 789 g/mol. The maximum atomic E-state index is 14.1. The summed E-state index contributed by atoms with van der Waals surface area (Å²) in [6.07, 6.45) is 3.96. The number of H-pyrrole nitrogens is 2. The smallest absolute Gasteiger partial charge is 0.407 e. The number of nitrogens with zero attached hydrogens (tertiary/aromatic N) is 4. The molecule has 2 bridgehead atoms. The quantitative estimate of drug-likeness (QED) is 0.0919. The van der Waals surface area contributed by atoms with E-state index in [1.807, 2.05) is 94.1 Å². The molecule has 0 unspecified atom stereocenters. The van der Waals surface area contributed by atoms with Crippen molar-refractivity contribution in [2.24, 2.45) is 17.8 Å². The van der Waals surface area contributed by atoms with Gasteiger partial charge in [-0.05, 0) is 90.0 Å². The van der Waals surface area contributed by atoms with E-state index in [-0.39, 0.29) is 54.0 Å². The van der Waals surface area contributed by atoms with Crippen LogP contribution in [0.15, 0.2) is 60.8 Å². The van der Waals surface area contributed by atoms with Gasteiger partial charge in [0, 0.05) is 29.3 Å². The number of fused-ring (bicyclic) bond motifs is 6. The number of hydrogen-bond donors (Lipinski definition) is 4. The zero-order valence-electron chi connectivity index (χ0n) is 36.2. The summed E-state index contributed by atoms with van der Waals surface area (Å²) in [7, 11) is 2.56. The molecule has 4 N–H and O–H groups in total. The number of ketones is 1. The highest BCUT2D eigenvalue weighted by Gasteiger charge is 2.51. The predicted octanol–water partition coefficient (Wildman–Crippen LogP) is 7.38. The molecule has 3 heterocycles. The molecule has 3 aliphatic rings. The van der Waals surface area contributed by atoms with Gasteiger partial charge in [-0.3, -0.25) is 14.4 Å². The average molecular weight is 843 g/mol. The summed E-state index contributed by atoms with van der Waals surface area (Å²) in [6, 6.07) is 16.2. The monoisotopic (exact) mass is 842 g/mol. The van der Waals surface area contributed by atoms with Gasteiger partial charge in [0.05, 0.1) is 49.7 Å². The van der Waals surface area contributed by atoms with E-state index in [9.17, 15) is 24.0 Å². The molecule has 2 aliphatic carbocycles. The molecule has 5 aromatic rings. The SMILES string of the molecule is CCCN(Cc1ncc(-c2ccc3c(c2)C(=O)c2cc(-c4ccc5nc([C@@H]6[C@H]7CC[C@H](C7)N6C(=O)[C@@H](NC(=O)OC)C(C)C)[nH]c5c4)ccc2-3)[nH]1)C(=O)[C@@H](NC(=O)OC)C(C)C. The van der Waals surface area contributed by atoms with Gasteiger partial charge in [-0.1, -0.05) is 65.0 Å². The third kappa shape index (κ3) is 7.80. The van der Waals surface area contributed by atoms with E-state index in [4.69, 9.17) is 14.5 Å². The van der Waals surface area contributed by atoms with Crippen molar-refractivity contribution in [3.63, 3.8) is 0 Å². The molecule has 62 heavy (non-hydrogen) atoms. The van der Waals surface area contributed by atoms with Crippen LogP contribution in [0.3, 0.4) is 0 Å². The van der Waals surface area contributed by atoms with Crippen LogP contribution in [0.25, 0.3) is 44.5 Å². The van der Waals surface area contributed by atoms with Gasteiger partial charge in [0.1, 0.15) is 23.7 Å². The lowest BCUT2D eigenvalue weighted by atomic mass is 9.95. The summed E-state index contributed by atoms with van der Waals surface area (Å²) in [4.78, 5) is 85.9. The first-order valence-corrected chi connectivity index (χ1v) is 21.5. The highest BCUT2D eigenvalue weighted by molar-refractivity contribution is 6.22. The molecule has 2 fully saturated rings. The normalized spacial score (nSPS) is 18.5. The second-order valence-corrected chi connectivity index (χ2v) is 17.3. The van der Waals surface area contributed by atoms with Crippen LogP contribution >= 0.6 is 0 Å². The molecule has 3 aromatic carbocycles. The van der Waals surface area contributed by atoms with Crippen LogP contribution in [0, 0.1) is 17.8 Å². The first-order chi connectivity index (χ1) is 29.8. The topological polar surface area (TPSA) is 192 Å².